The van der Waals surface area contributed by atoms with Gasteiger partial charge in [0.15, 0.2) is 5.01 Å². The van der Waals surface area contributed by atoms with Crippen molar-refractivity contribution in [1.82, 2.24) is 15.0 Å². The van der Waals surface area contributed by atoms with Crippen molar-refractivity contribution in [3.63, 3.8) is 0 Å². The van der Waals surface area contributed by atoms with Crippen LogP contribution in [-0.4, -0.2) is 21.5 Å². The molecule has 0 unspecified atom stereocenters. The van der Waals surface area contributed by atoms with E-state index in [4.69, 9.17) is 0 Å². The molecule has 0 saturated carbocycles. The van der Waals surface area contributed by atoms with Crippen LogP contribution in [0.2, 0.25) is 0 Å². The maximum Gasteiger partial charge on any atom is 0.443 e. The molecule has 0 aliphatic heterocycles. The van der Waals surface area contributed by atoms with Crippen LogP contribution >= 0.6 is 11.3 Å². The van der Waals surface area contributed by atoms with Gasteiger partial charge in [0.2, 0.25) is 0 Å². The predicted octanol–water partition coefficient (Wildman–Crippen LogP) is 3.92. The van der Waals surface area contributed by atoms with E-state index in [-0.39, 0.29) is 0 Å². The fourth-order valence-corrected chi connectivity index (χ4v) is 2.65. The molecule has 0 aromatic carbocycles. The van der Waals surface area contributed by atoms with E-state index in [1.54, 1.807) is 6.92 Å². The molecule has 0 aliphatic rings. The van der Waals surface area contributed by atoms with Gasteiger partial charge in [-0.1, -0.05) is 6.92 Å². The summed E-state index contributed by atoms with van der Waals surface area (Å²) in [6.07, 6.45) is -2.60. The topological polar surface area (TPSA) is 50.7 Å². The molecule has 4 nitrogen and oxygen atoms in total. The number of aryl methyl sites for hydroxylation is 1. The molecule has 114 valence electrons. The zero-order valence-electron chi connectivity index (χ0n) is 11.9. The Morgan fingerprint density at radius 1 is 1.24 bits per heavy atom. The fraction of sp³-hybridized carbons (Fsp3) is 0.462. The van der Waals surface area contributed by atoms with E-state index in [0.29, 0.717) is 46.5 Å². The number of hydrogen-bond donors (Lipinski definition) is 1. The van der Waals surface area contributed by atoms with Gasteiger partial charge in [-0.3, -0.25) is 0 Å². The van der Waals surface area contributed by atoms with E-state index in [9.17, 15) is 13.2 Å². The van der Waals surface area contributed by atoms with Gasteiger partial charge in [0, 0.05) is 24.7 Å². The first kappa shape index (κ1) is 15.7. The molecule has 0 aliphatic carbocycles. The minimum absolute atomic E-state index is 0.399. The van der Waals surface area contributed by atoms with E-state index in [0.717, 1.165) is 5.56 Å². The highest BCUT2D eigenvalue weighted by Gasteiger charge is 2.35. The van der Waals surface area contributed by atoms with Crippen molar-refractivity contribution in [2.45, 2.75) is 33.4 Å². The van der Waals surface area contributed by atoms with Crippen LogP contribution < -0.4 is 5.32 Å². The van der Waals surface area contributed by atoms with Crippen LogP contribution in [0.4, 0.5) is 19.0 Å². The van der Waals surface area contributed by atoms with E-state index >= 15 is 0 Å². The molecule has 0 fully saturated rings. The Labute approximate surface area is 124 Å². The normalized spacial score (nSPS) is 11.7. The molecule has 2 rings (SSSR count). The van der Waals surface area contributed by atoms with Gasteiger partial charge in [0.25, 0.3) is 0 Å². The van der Waals surface area contributed by atoms with Crippen molar-refractivity contribution in [2.75, 3.05) is 11.9 Å². The zero-order valence-corrected chi connectivity index (χ0v) is 12.7. The van der Waals surface area contributed by atoms with E-state index < -0.39 is 11.2 Å². The Morgan fingerprint density at radius 2 is 1.95 bits per heavy atom. The predicted molar refractivity (Wildman–Crippen MR) is 76.4 cm³/mol. The molecule has 1 N–H and O–H groups in total. The Bertz CT molecular complexity index is 637. The summed E-state index contributed by atoms with van der Waals surface area (Å²) in [5, 5.41) is 2.25. The van der Waals surface area contributed by atoms with Crippen LogP contribution in [0.25, 0.3) is 10.6 Å². The molecule has 0 saturated heterocycles. The van der Waals surface area contributed by atoms with Gasteiger partial charge < -0.3 is 5.32 Å². The maximum absolute atomic E-state index is 12.7. The molecule has 0 amide bonds. The zero-order chi connectivity index (χ0) is 15.6. The first-order chi connectivity index (χ1) is 9.86. The van der Waals surface area contributed by atoms with E-state index in [2.05, 4.69) is 20.3 Å². The van der Waals surface area contributed by atoms with Gasteiger partial charge >= 0.3 is 6.18 Å². The Balaban J connectivity index is 2.52. The summed E-state index contributed by atoms with van der Waals surface area (Å²) in [6.45, 7) is 6.30. The highest BCUT2D eigenvalue weighted by molar-refractivity contribution is 7.15. The second-order valence-corrected chi connectivity index (χ2v) is 5.40. The third-order valence-electron chi connectivity index (χ3n) is 2.83. The van der Waals surface area contributed by atoms with Crippen molar-refractivity contribution >= 4 is 17.2 Å². The monoisotopic (exact) mass is 316 g/mol. The maximum atomic E-state index is 12.7. The lowest BCUT2D eigenvalue weighted by atomic mass is 10.2. The molecule has 0 atom stereocenters. The van der Waals surface area contributed by atoms with Gasteiger partial charge in [-0.15, -0.1) is 11.3 Å². The Kier molecular flexibility index (Phi) is 4.46. The van der Waals surface area contributed by atoms with Crippen LogP contribution in [0, 0.1) is 6.92 Å². The average Bonchev–Trinajstić information content (AvgIpc) is 2.91. The van der Waals surface area contributed by atoms with Crippen molar-refractivity contribution in [1.29, 1.82) is 0 Å². The van der Waals surface area contributed by atoms with Gasteiger partial charge in [0.05, 0.1) is 10.6 Å². The molecule has 0 bridgehead atoms. The summed E-state index contributed by atoms with van der Waals surface area (Å²) in [5.74, 6) is 1.25. The number of anilines is 1. The molecular formula is C13H15F3N4S. The number of aromatic nitrogens is 3. The van der Waals surface area contributed by atoms with Crippen molar-refractivity contribution in [3.05, 3.63) is 22.6 Å². The lowest BCUT2D eigenvalue weighted by molar-refractivity contribution is -0.137. The van der Waals surface area contributed by atoms with Gasteiger partial charge in [-0.25, -0.2) is 15.0 Å². The SMILES string of the molecule is CCNc1nc(CC)nc(-c2cnc(C(F)(F)F)s2)c1C. The summed E-state index contributed by atoms with van der Waals surface area (Å²) in [4.78, 5) is 12.6. The third kappa shape index (κ3) is 3.31. The quantitative estimate of drug-likeness (QED) is 0.929. The summed E-state index contributed by atoms with van der Waals surface area (Å²) in [5.41, 5.74) is 1.23. The third-order valence-corrected chi connectivity index (χ3v) is 3.88. The van der Waals surface area contributed by atoms with Crippen LogP contribution in [-0.2, 0) is 12.6 Å². The second kappa shape index (κ2) is 5.97. The van der Waals surface area contributed by atoms with Crippen molar-refractivity contribution < 1.29 is 13.2 Å². The van der Waals surface area contributed by atoms with Gasteiger partial charge in [-0.2, -0.15) is 13.2 Å². The van der Waals surface area contributed by atoms with Crippen LogP contribution in [0.3, 0.4) is 0 Å². The molecule has 2 aromatic heterocycles. The van der Waals surface area contributed by atoms with Gasteiger partial charge in [-0.05, 0) is 13.8 Å². The Morgan fingerprint density at radius 3 is 2.48 bits per heavy atom. The number of rotatable bonds is 4. The average molecular weight is 316 g/mol. The lowest BCUT2D eigenvalue weighted by Gasteiger charge is -2.11. The minimum Gasteiger partial charge on any atom is -0.370 e. The summed E-state index contributed by atoms with van der Waals surface area (Å²) < 4.78 is 38.0. The largest absolute Gasteiger partial charge is 0.443 e. The number of alkyl halides is 3. The Hall–Kier alpha value is -1.70. The minimum atomic E-state index is -4.43. The summed E-state index contributed by atoms with van der Waals surface area (Å²) >= 11 is 0.599. The number of thiazole rings is 1. The van der Waals surface area contributed by atoms with Crippen LogP contribution in [0.5, 0.6) is 0 Å². The molecule has 8 heteroatoms. The number of halogens is 3. The van der Waals surface area contributed by atoms with E-state index in [1.807, 2.05) is 13.8 Å². The van der Waals surface area contributed by atoms with E-state index in [1.165, 1.54) is 6.20 Å². The highest BCUT2D eigenvalue weighted by atomic mass is 32.1. The molecule has 21 heavy (non-hydrogen) atoms. The standard InChI is InChI=1S/C13H15F3N4S/c1-4-9-19-10(7(3)11(20-9)17-5-2)8-6-18-12(21-8)13(14,15)16/h6H,4-5H2,1-3H3,(H,17,19,20). The number of nitrogens with one attached hydrogen (secondary N) is 1. The highest BCUT2D eigenvalue weighted by Crippen LogP contribution is 2.37. The van der Waals surface area contributed by atoms with Crippen molar-refractivity contribution in [3.8, 4) is 10.6 Å². The lowest BCUT2D eigenvalue weighted by Crippen LogP contribution is -2.07. The number of hydrogen-bond acceptors (Lipinski definition) is 5. The van der Waals surface area contributed by atoms with Gasteiger partial charge in [0.1, 0.15) is 11.6 Å². The molecule has 0 radical (unpaired) electrons. The first-order valence-electron chi connectivity index (χ1n) is 6.51. The molecule has 0 spiro atoms. The summed E-state index contributed by atoms with van der Waals surface area (Å²) in [6, 6.07) is 0. The second-order valence-electron chi connectivity index (χ2n) is 4.37. The van der Waals surface area contributed by atoms with Crippen LogP contribution in [0.1, 0.15) is 30.2 Å². The van der Waals surface area contributed by atoms with Crippen LogP contribution in [0.15, 0.2) is 6.20 Å². The molecular weight excluding hydrogens is 301 g/mol. The molecule has 2 heterocycles. The molecule has 2 aromatic rings. The summed E-state index contributed by atoms with van der Waals surface area (Å²) in [7, 11) is 0. The number of nitrogens with zero attached hydrogens (tertiary/aromatic N) is 3. The fourth-order valence-electron chi connectivity index (χ4n) is 1.82. The van der Waals surface area contributed by atoms with Crippen molar-refractivity contribution in [2.24, 2.45) is 0 Å². The first-order valence-corrected chi connectivity index (χ1v) is 7.33. The smallest absolute Gasteiger partial charge is 0.370 e.